The molecule has 0 aliphatic carbocycles. The Bertz CT molecular complexity index is 555. The summed E-state index contributed by atoms with van der Waals surface area (Å²) in [6.07, 6.45) is -4.25. The third-order valence-corrected chi connectivity index (χ3v) is 3.79. The molecule has 5 nitrogen and oxygen atoms in total. The summed E-state index contributed by atoms with van der Waals surface area (Å²) in [5, 5.41) is 1.88. The van der Waals surface area contributed by atoms with Gasteiger partial charge in [-0.2, -0.15) is 13.2 Å². The number of nitrogens with one attached hydrogen (secondary N) is 1. The molecule has 0 radical (unpaired) electrons. The molecule has 24 heavy (non-hydrogen) atoms. The molecule has 8 heteroatoms. The van der Waals surface area contributed by atoms with Crippen molar-refractivity contribution < 1.29 is 27.5 Å². The highest BCUT2D eigenvalue weighted by molar-refractivity contribution is 5.79. The van der Waals surface area contributed by atoms with E-state index in [1.54, 1.807) is 0 Å². The molecule has 1 heterocycles. The van der Waals surface area contributed by atoms with Crippen molar-refractivity contribution in [3.05, 3.63) is 35.9 Å². The quantitative estimate of drug-likeness (QED) is 0.914. The zero-order chi connectivity index (χ0) is 17.6. The maximum absolute atomic E-state index is 12.1. The molecule has 0 unspecified atom stereocenters. The smallest absolute Gasteiger partial charge is 0.410 e. The van der Waals surface area contributed by atoms with Gasteiger partial charge in [-0.1, -0.05) is 30.3 Å². The van der Waals surface area contributed by atoms with E-state index in [0.29, 0.717) is 12.8 Å². The molecule has 1 aromatic rings. The van der Waals surface area contributed by atoms with E-state index in [0.717, 1.165) is 5.56 Å². The minimum atomic E-state index is -4.42. The second-order valence-electron chi connectivity index (χ2n) is 5.63. The number of hydrogen-bond acceptors (Lipinski definition) is 3. The van der Waals surface area contributed by atoms with E-state index in [1.165, 1.54) is 4.90 Å². The molecule has 0 aromatic heterocycles. The Morgan fingerprint density at radius 2 is 1.79 bits per heavy atom. The van der Waals surface area contributed by atoms with Gasteiger partial charge in [-0.3, -0.25) is 4.79 Å². The number of benzene rings is 1. The van der Waals surface area contributed by atoms with Gasteiger partial charge in [0.15, 0.2) is 0 Å². The first kappa shape index (κ1) is 18.1. The molecule has 0 bridgehead atoms. The third kappa shape index (κ3) is 5.75. The first-order chi connectivity index (χ1) is 11.3. The zero-order valence-electron chi connectivity index (χ0n) is 13.0. The number of carbonyl (C=O) groups excluding carboxylic acids is 2. The van der Waals surface area contributed by atoms with E-state index in [1.807, 2.05) is 35.6 Å². The van der Waals surface area contributed by atoms with Gasteiger partial charge in [-0.25, -0.2) is 4.79 Å². The number of rotatable bonds is 4. The van der Waals surface area contributed by atoms with Gasteiger partial charge in [-0.15, -0.1) is 0 Å². The van der Waals surface area contributed by atoms with Crippen LogP contribution in [-0.4, -0.2) is 42.7 Å². The van der Waals surface area contributed by atoms with Crippen LogP contribution in [0.2, 0.25) is 0 Å². The van der Waals surface area contributed by atoms with Crippen LogP contribution in [0.4, 0.5) is 18.0 Å². The fourth-order valence-corrected chi connectivity index (χ4v) is 2.47. The normalized spacial score (nSPS) is 15.9. The van der Waals surface area contributed by atoms with Crippen LogP contribution in [0.25, 0.3) is 0 Å². The molecule has 2 rings (SSSR count). The van der Waals surface area contributed by atoms with Crippen LogP contribution >= 0.6 is 0 Å². The van der Waals surface area contributed by atoms with Gasteiger partial charge in [0.05, 0.1) is 0 Å². The Morgan fingerprint density at radius 3 is 2.38 bits per heavy atom. The first-order valence-electron chi connectivity index (χ1n) is 7.65. The van der Waals surface area contributed by atoms with E-state index in [2.05, 4.69) is 0 Å². The monoisotopic (exact) mass is 344 g/mol. The molecule has 1 saturated heterocycles. The Kier molecular flexibility index (Phi) is 6.05. The largest absolute Gasteiger partial charge is 0.445 e. The standard InChI is InChI=1S/C16H19F3N2O3/c17-16(18,19)11-20-14(22)13-6-8-21(9-7-13)15(23)24-10-12-4-2-1-3-5-12/h1-5,13H,6-11H2,(H,20,22). The highest BCUT2D eigenvalue weighted by Crippen LogP contribution is 2.19. The lowest BCUT2D eigenvalue weighted by atomic mass is 9.96. The van der Waals surface area contributed by atoms with Gasteiger partial charge in [0.2, 0.25) is 5.91 Å². The average Bonchev–Trinajstić information content (AvgIpc) is 2.58. The zero-order valence-corrected chi connectivity index (χ0v) is 13.0. The van der Waals surface area contributed by atoms with Crippen LogP contribution in [0.1, 0.15) is 18.4 Å². The van der Waals surface area contributed by atoms with E-state index in [-0.39, 0.29) is 19.7 Å². The van der Waals surface area contributed by atoms with Gasteiger partial charge < -0.3 is 15.0 Å². The highest BCUT2D eigenvalue weighted by atomic mass is 19.4. The molecule has 132 valence electrons. The summed E-state index contributed by atoms with van der Waals surface area (Å²) in [4.78, 5) is 25.1. The number of halogens is 3. The van der Waals surface area contributed by atoms with Crippen LogP contribution in [0, 0.1) is 5.92 Å². The third-order valence-electron chi connectivity index (χ3n) is 3.79. The van der Waals surface area contributed by atoms with Crippen LogP contribution in [0.3, 0.4) is 0 Å². The second kappa shape index (κ2) is 8.03. The average molecular weight is 344 g/mol. The number of alkyl halides is 3. The van der Waals surface area contributed by atoms with Crippen molar-refractivity contribution in [1.29, 1.82) is 0 Å². The molecule has 1 aromatic carbocycles. The number of piperidine rings is 1. The lowest BCUT2D eigenvalue weighted by molar-refractivity contribution is -0.141. The van der Waals surface area contributed by atoms with E-state index in [4.69, 9.17) is 4.74 Å². The minimum absolute atomic E-state index is 0.158. The number of likely N-dealkylation sites (tertiary alicyclic amines) is 1. The summed E-state index contributed by atoms with van der Waals surface area (Å²) in [6.45, 7) is -0.591. The summed E-state index contributed by atoms with van der Waals surface area (Å²) < 4.78 is 41.5. The fourth-order valence-electron chi connectivity index (χ4n) is 2.47. The van der Waals surface area contributed by atoms with Crippen molar-refractivity contribution >= 4 is 12.0 Å². The second-order valence-corrected chi connectivity index (χ2v) is 5.63. The lowest BCUT2D eigenvalue weighted by Crippen LogP contribution is -2.44. The van der Waals surface area contributed by atoms with Crippen molar-refractivity contribution in [2.75, 3.05) is 19.6 Å². The summed E-state index contributed by atoms with van der Waals surface area (Å²) in [5.74, 6) is -1.13. The van der Waals surface area contributed by atoms with E-state index >= 15 is 0 Å². The molecule has 2 amide bonds. The predicted octanol–water partition coefficient (Wildman–Crippen LogP) is 2.71. The SMILES string of the molecule is O=C(NCC(F)(F)F)C1CCN(C(=O)OCc2ccccc2)CC1. The minimum Gasteiger partial charge on any atom is -0.445 e. The Morgan fingerprint density at radius 1 is 1.17 bits per heavy atom. The Labute approximate surface area is 137 Å². The predicted molar refractivity (Wildman–Crippen MR) is 80.0 cm³/mol. The maximum Gasteiger partial charge on any atom is 0.410 e. The van der Waals surface area contributed by atoms with Gasteiger partial charge in [0.1, 0.15) is 13.2 Å². The molecular weight excluding hydrogens is 325 g/mol. The molecule has 1 fully saturated rings. The van der Waals surface area contributed by atoms with Crippen molar-refractivity contribution in [2.45, 2.75) is 25.6 Å². The van der Waals surface area contributed by atoms with Gasteiger partial charge in [0.25, 0.3) is 0 Å². The number of ether oxygens (including phenoxy) is 1. The van der Waals surface area contributed by atoms with Gasteiger partial charge in [-0.05, 0) is 18.4 Å². The molecular formula is C16H19F3N2O3. The van der Waals surface area contributed by atoms with Gasteiger partial charge >= 0.3 is 12.3 Å². The lowest BCUT2D eigenvalue weighted by Gasteiger charge is -2.30. The van der Waals surface area contributed by atoms with Crippen molar-refractivity contribution in [3.8, 4) is 0 Å². The summed E-state index contributed by atoms with van der Waals surface area (Å²) in [6, 6.07) is 9.22. The topological polar surface area (TPSA) is 58.6 Å². The highest BCUT2D eigenvalue weighted by Gasteiger charge is 2.32. The fraction of sp³-hybridized carbons (Fsp3) is 0.500. The molecule has 1 aliphatic heterocycles. The van der Waals surface area contributed by atoms with Crippen molar-refractivity contribution in [1.82, 2.24) is 10.2 Å². The van der Waals surface area contributed by atoms with Crippen LogP contribution in [0.15, 0.2) is 30.3 Å². The number of carbonyl (C=O) groups is 2. The summed E-state index contributed by atoms with van der Waals surface area (Å²) in [5.41, 5.74) is 0.868. The number of amides is 2. The van der Waals surface area contributed by atoms with Crippen molar-refractivity contribution in [3.63, 3.8) is 0 Å². The van der Waals surface area contributed by atoms with Crippen LogP contribution in [0.5, 0.6) is 0 Å². The van der Waals surface area contributed by atoms with E-state index < -0.39 is 30.6 Å². The maximum atomic E-state index is 12.1. The molecule has 1 N–H and O–H groups in total. The number of hydrogen-bond donors (Lipinski definition) is 1. The first-order valence-corrected chi connectivity index (χ1v) is 7.65. The molecule has 0 atom stereocenters. The van der Waals surface area contributed by atoms with E-state index in [9.17, 15) is 22.8 Å². The molecule has 0 saturated carbocycles. The van der Waals surface area contributed by atoms with Crippen LogP contribution in [-0.2, 0) is 16.1 Å². The number of nitrogens with zero attached hydrogens (tertiary/aromatic N) is 1. The molecule has 0 spiro atoms. The summed E-state index contributed by atoms with van der Waals surface area (Å²) >= 11 is 0. The Balaban J connectivity index is 1.71. The summed E-state index contributed by atoms with van der Waals surface area (Å²) in [7, 11) is 0. The molecule has 1 aliphatic rings. The van der Waals surface area contributed by atoms with Crippen LogP contribution < -0.4 is 5.32 Å². The Hall–Kier alpha value is -2.25. The van der Waals surface area contributed by atoms with Crippen molar-refractivity contribution in [2.24, 2.45) is 5.92 Å². The van der Waals surface area contributed by atoms with Gasteiger partial charge in [0, 0.05) is 19.0 Å².